The number of nitrogens with one attached hydrogen (secondary N) is 1. The molecule has 1 rings (SSSR count). The smallest absolute Gasteiger partial charge is 0.332 e. The van der Waals surface area contributed by atoms with Crippen LogP contribution in [0.15, 0.2) is 22.7 Å². The highest BCUT2D eigenvalue weighted by Gasteiger charge is 2.25. The molecule has 9 heteroatoms. The number of esters is 1. The van der Waals surface area contributed by atoms with E-state index in [4.69, 9.17) is 10.5 Å². The fraction of sp³-hybridized carbons (Fsp3) is 0.400. The van der Waals surface area contributed by atoms with Gasteiger partial charge in [0.2, 0.25) is 0 Å². The van der Waals surface area contributed by atoms with E-state index < -0.39 is 17.3 Å². The van der Waals surface area contributed by atoms with E-state index in [-0.39, 0.29) is 0 Å². The Labute approximate surface area is 114 Å². The Balaban J connectivity index is 2.89. The molecule has 1 atom stereocenters. The Morgan fingerprint density at radius 2 is 2.32 bits per heavy atom. The average Bonchev–Trinajstić information content (AvgIpc) is 2.77. The molecule has 0 aliphatic heterocycles. The van der Waals surface area contributed by atoms with Gasteiger partial charge in [0.1, 0.15) is 5.25 Å². The number of aromatic nitrogens is 2. The predicted molar refractivity (Wildman–Crippen MR) is 70.7 cm³/mol. The molecule has 0 aliphatic rings. The number of nitrogens with zero attached hydrogens (tertiary/aromatic N) is 3. The monoisotopic (exact) mass is 285 g/mol. The molecule has 0 spiro atoms. The highest BCUT2D eigenvalue weighted by molar-refractivity contribution is 8.01. The van der Waals surface area contributed by atoms with E-state index in [2.05, 4.69) is 15.5 Å². The van der Waals surface area contributed by atoms with Gasteiger partial charge in [0.25, 0.3) is 0 Å². The number of carbonyl (C=O) groups is 2. The minimum atomic E-state index is -0.801. The highest BCUT2D eigenvalue weighted by Crippen LogP contribution is 2.23. The van der Waals surface area contributed by atoms with Crippen molar-refractivity contribution in [3.05, 3.63) is 12.4 Å². The SMILES string of the molecule is COC(=O)C(Sc1nccn1C)/C(C)=N\NC(N)=O. The predicted octanol–water partition coefficient (Wildman–Crippen LogP) is 0.0980. The summed E-state index contributed by atoms with van der Waals surface area (Å²) in [5.74, 6) is -0.486. The third-order valence-corrected chi connectivity index (χ3v) is 3.51. The summed E-state index contributed by atoms with van der Waals surface area (Å²) < 4.78 is 6.47. The van der Waals surface area contributed by atoms with Crippen LogP contribution in [-0.4, -0.2) is 39.6 Å². The van der Waals surface area contributed by atoms with Gasteiger partial charge in [0.15, 0.2) is 5.16 Å². The third kappa shape index (κ3) is 4.28. The van der Waals surface area contributed by atoms with Gasteiger partial charge in [-0.1, -0.05) is 11.8 Å². The zero-order valence-corrected chi connectivity index (χ0v) is 11.6. The second-order valence-corrected chi connectivity index (χ2v) is 4.64. The second-order valence-electron chi connectivity index (χ2n) is 3.57. The molecule has 1 unspecified atom stereocenters. The standard InChI is InChI=1S/C10H15N5O3S/c1-6(13-14-9(11)17)7(8(16)18-3)19-10-12-4-5-15(10)2/h4-5,7H,1-3H3,(H3,11,14,17)/b13-6-. The number of primary amides is 1. The molecule has 1 heterocycles. The zero-order valence-electron chi connectivity index (χ0n) is 10.8. The lowest BCUT2D eigenvalue weighted by molar-refractivity contribution is -0.138. The molecule has 0 saturated carbocycles. The first-order valence-corrected chi connectivity index (χ1v) is 6.15. The van der Waals surface area contributed by atoms with Crippen LogP contribution >= 0.6 is 11.8 Å². The van der Waals surface area contributed by atoms with Crippen molar-refractivity contribution in [2.24, 2.45) is 17.9 Å². The molecule has 0 radical (unpaired) electrons. The van der Waals surface area contributed by atoms with E-state index in [9.17, 15) is 9.59 Å². The number of hydrazone groups is 1. The number of amides is 2. The number of urea groups is 1. The summed E-state index contributed by atoms with van der Waals surface area (Å²) in [4.78, 5) is 26.4. The summed E-state index contributed by atoms with van der Waals surface area (Å²) >= 11 is 1.17. The van der Waals surface area contributed by atoms with E-state index in [1.807, 2.05) is 0 Å². The van der Waals surface area contributed by atoms with Crippen molar-refractivity contribution in [3.8, 4) is 0 Å². The van der Waals surface area contributed by atoms with Gasteiger partial charge in [-0.2, -0.15) is 5.10 Å². The summed E-state index contributed by atoms with van der Waals surface area (Å²) in [5, 5.41) is 3.66. The molecule has 19 heavy (non-hydrogen) atoms. The van der Waals surface area contributed by atoms with Crippen molar-refractivity contribution in [2.45, 2.75) is 17.3 Å². The first kappa shape index (κ1) is 15.0. The van der Waals surface area contributed by atoms with Gasteiger partial charge in [-0.3, -0.25) is 4.79 Å². The number of rotatable bonds is 5. The van der Waals surface area contributed by atoms with Crippen LogP contribution in [-0.2, 0) is 16.6 Å². The van der Waals surface area contributed by atoms with E-state index >= 15 is 0 Å². The fourth-order valence-electron chi connectivity index (χ4n) is 1.18. The minimum absolute atomic E-state index is 0.360. The zero-order chi connectivity index (χ0) is 14.4. The van der Waals surface area contributed by atoms with Crippen molar-refractivity contribution in [3.63, 3.8) is 0 Å². The molecule has 1 aromatic heterocycles. The molecule has 3 N–H and O–H groups in total. The lowest BCUT2D eigenvalue weighted by atomic mass is 10.3. The molecule has 0 aromatic carbocycles. The van der Waals surface area contributed by atoms with Gasteiger partial charge < -0.3 is 15.0 Å². The van der Waals surface area contributed by atoms with E-state index in [1.54, 1.807) is 30.9 Å². The number of ether oxygens (including phenoxy) is 1. The summed E-state index contributed by atoms with van der Waals surface area (Å²) in [7, 11) is 3.08. The number of nitrogens with two attached hydrogens (primary N) is 1. The number of methoxy groups -OCH3 is 1. The van der Waals surface area contributed by atoms with Crippen LogP contribution in [0.4, 0.5) is 4.79 Å². The van der Waals surface area contributed by atoms with E-state index in [1.165, 1.54) is 18.9 Å². The number of hydrogen-bond acceptors (Lipinski definition) is 6. The summed E-state index contributed by atoms with van der Waals surface area (Å²) in [6, 6.07) is -0.801. The maximum absolute atomic E-state index is 11.7. The van der Waals surface area contributed by atoms with Gasteiger partial charge in [0.05, 0.1) is 12.8 Å². The molecular weight excluding hydrogens is 270 g/mol. The quantitative estimate of drug-likeness (QED) is 0.345. The first-order valence-electron chi connectivity index (χ1n) is 5.27. The Hall–Kier alpha value is -2.03. The number of carbonyl (C=O) groups excluding carboxylic acids is 2. The molecule has 0 fully saturated rings. The minimum Gasteiger partial charge on any atom is -0.468 e. The maximum atomic E-state index is 11.7. The Morgan fingerprint density at radius 1 is 1.63 bits per heavy atom. The topological polar surface area (TPSA) is 112 Å². The van der Waals surface area contributed by atoms with Gasteiger partial charge in [-0.15, -0.1) is 0 Å². The lowest BCUT2D eigenvalue weighted by Crippen LogP contribution is -2.31. The van der Waals surface area contributed by atoms with Crippen LogP contribution in [0, 0.1) is 0 Å². The molecule has 0 saturated heterocycles. The average molecular weight is 285 g/mol. The Kier molecular flexibility index (Phi) is 5.37. The molecule has 2 amide bonds. The molecule has 104 valence electrons. The van der Waals surface area contributed by atoms with Gasteiger partial charge in [-0.25, -0.2) is 15.2 Å². The van der Waals surface area contributed by atoms with Crippen molar-refractivity contribution in [1.29, 1.82) is 0 Å². The fourth-order valence-corrected chi connectivity index (χ4v) is 2.16. The summed E-state index contributed by atoms with van der Waals surface area (Å²) in [5.41, 5.74) is 7.35. The van der Waals surface area contributed by atoms with Crippen molar-refractivity contribution in [2.75, 3.05) is 7.11 Å². The van der Waals surface area contributed by atoms with Crippen LogP contribution < -0.4 is 11.2 Å². The normalized spacial score (nSPS) is 12.9. The lowest BCUT2D eigenvalue weighted by Gasteiger charge is -2.13. The first-order chi connectivity index (χ1) is 8.95. The largest absolute Gasteiger partial charge is 0.468 e. The van der Waals surface area contributed by atoms with Crippen molar-refractivity contribution in [1.82, 2.24) is 15.0 Å². The van der Waals surface area contributed by atoms with E-state index in [0.29, 0.717) is 10.9 Å². The van der Waals surface area contributed by atoms with E-state index in [0.717, 1.165) is 0 Å². The number of hydrogen-bond donors (Lipinski definition) is 2. The molecule has 1 aromatic rings. The van der Waals surface area contributed by atoms with Crippen LogP contribution in [0.5, 0.6) is 0 Å². The molecule has 0 bridgehead atoms. The maximum Gasteiger partial charge on any atom is 0.332 e. The molecule has 0 aliphatic carbocycles. The summed E-state index contributed by atoms with van der Waals surface area (Å²) in [6.07, 6.45) is 3.37. The third-order valence-electron chi connectivity index (χ3n) is 2.14. The Bertz CT molecular complexity index is 499. The van der Waals surface area contributed by atoms with Gasteiger partial charge in [0, 0.05) is 19.4 Å². The van der Waals surface area contributed by atoms with Crippen LogP contribution in [0.3, 0.4) is 0 Å². The van der Waals surface area contributed by atoms with Crippen LogP contribution in [0.1, 0.15) is 6.92 Å². The van der Waals surface area contributed by atoms with Crippen LogP contribution in [0.2, 0.25) is 0 Å². The highest BCUT2D eigenvalue weighted by atomic mass is 32.2. The van der Waals surface area contributed by atoms with Crippen molar-refractivity contribution < 1.29 is 14.3 Å². The second kappa shape index (κ2) is 6.78. The number of imidazole rings is 1. The van der Waals surface area contributed by atoms with Crippen molar-refractivity contribution >= 4 is 29.5 Å². The van der Waals surface area contributed by atoms with Gasteiger partial charge >= 0.3 is 12.0 Å². The molecule has 8 nitrogen and oxygen atoms in total. The number of thioether (sulfide) groups is 1. The molecular formula is C10H15N5O3S. The Morgan fingerprint density at radius 3 is 2.79 bits per heavy atom. The summed E-state index contributed by atoms with van der Waals surface area (Å²) in [6.45, 7) is 1.59. The number of aryl methyl sites for hydroxylation is 1. The van der Waals surface area contributed by atoms with Gasteiger partial charge in [-0.05, 0) is 6.92 Å². The van der Waals surface area contributed by atoms with Crippen LogP contribution in [0.25, 0.3) is 0 Å².